The molecule has 1 aliphatic heterocycles. The Bertz CT molecular complexity index is 848. The van der Waals surface area contributed by atoms with E-state index in [4.69, 9.17) is 13.9 Å². The van der Waals surface area contributed by atoms with Crippen LogP contribution in [0.3, 0.4) is 0 Å². The third-order valence-corrected chi connectivity index (χ3v) is 10.9. The molecular formula is C26H40N2O5Si. The lowest BCUT2D eigenvalue weighted by Crippen LogP contribution is -2.44. The molecule has 0 radical (unpaired) electrons. The molecule has 188 valence electrons. The number of likely N-dealkylation sites (tertiary alicyclic amines) is 1. The Morgan fingerprint density at radius 3 is 2.32 bits per heavy atom. The standard InChI is InChI=1S/C26H40N2O5Si/c1-8-14-31-24(29)18-27-17-20-10-12-21(13-11-20)23-16-22(33-34(6,7)26(3,4)5)19-28(23)25(30)32-15-9-2/h8-13,22-23,27H,1-2,14-19H2,3-7H3/t22-,23-/m1/s1. The molecule has 1 aliphatic rings. The first-order valence-corrected chi connectivity index (χ1v) is 14.7. The van der Waals surface area contributed by atoms with Crippen molar-refractivity contribution >= 4 is 20.4 Å². The Morgan fingerprint density at radius 1 is 1.12 bits per heavy atom. The average Bonchev–Trinajstić information content (AvgIpc) is 3.19. The maximum Gasteiger partial charge on any atom is 0.410 e. The van der Waals surface area contributed by atoms with Crippen LogP contribution in [0.2, 0.25) is 18.1 Å². The van der Waals surface area contributed by atoms with Crippen molar-refractivity contribution in [1.29, 1.82) is 0 Å². The van der Waals surface area contributed by atoms with E-state index in [0.717, 1.165) is 17.5 Å². The molecule has 1 aromatic carbocycles. The molecule has 2 rings (SSSR count). The van der Waals surface area contributed by atoms with Crippen molar-refractivity contribution in [2.75, 3.05) is 26.3 Å². The van der Waals surface area contributed by atoms with E-state index < -0.39 is 8.32 Å². The molecule has 1 saturated heterocycles. The molecule has 1 heterocycles. The molecule has 7 nitrogen and oxygen atoms in total. The van der Waals surface area contributed by atoms with Crippen molar-refractivity contribution in [3.63, 3.8) is 0 Å². The van der Waals surface area contributed by atoms with Crippen molar-refractivity contribution < 1.29 is 23.5 Å². The molecule has 2 atom stereocenters. The molecule has 0 saturated carbocycles. The quantitative estimate of drug-likeness (QED) is 0.269. The molecule has 1 amide bonds. The number of nitrogens with one attached hydrogen (secondary N) is 1. The van der Waals surface area contributed by atoms with Gasteiger partial charge in [-0.05, 0) is 35.7 Å². The summed E-state index contributed by atoms with van der Waals surface area (Å²) in [7, 11) is -1.98. The van der Waals surface area contributed by atoms with Crippen LogP contribution in [0.15, 0.2) is 49.6 Å². The lowest BCUT2D eigenvalue weighted by molar-refractivity contribution is -0.141. The highest BCUT2D eigenvalue weighted by molar-refractivity contribution is 6.74. The fourth-order valence-electron chi connectivity index (χ4n) is 3.58. The van der Waals surface area contributed by atoms with Gasteiger partial charge in [0, 0.05) is 13.1 Å². The molecule has 0 aliphatic carbocycles. The van der Waals surface area contributed by atoms with Crippen LogP contribution in [-0.2, 0) is 25.2 Å². The van der Waals surface area contributed by atoms with Gasteiger partial charge in [0.15, 0.2) is 8.32 Å². The highest BCUT2D eigenvalue weighted by atomic mass is 28.4. The lowest BCUT2D eigenvalue weighted by Gasteiger charge is -2.38. The van der Waals surface area contributed by atoms with Crippen molar-refractivity contribution in [3.8, 4) is 0 Å². The predicted octanol–water partition coefficient (Wildman–Crippen LogP) is 4.97. The van der Waals surface area contributed by atoms with Crippen molar-refractivity contribution in [2.45, 2.75) is 64.0 Å². The number of hydrogen-bond acceptors (Lipinski definition) is 6. The maximum atomic E-state index is 12.8. The highest BCUT2D eigenvalue weighted by Crippen LogP contribution is 2.41. The first kappa shape index (κ1) is 27.8. The molecule has 34 heavy (non-hydrogen) atoms. The summed E-state index contributed by atoms with van der Waals surface area (Å²) < 4.78 is 17.0. The second-order valence-corrected chi connectivity index (χ2v) is 14.8. The first-order chi connectivity index (χ1) is 16.0. The zero-order valence-corrected chi connectivity index (χ0v) is 22.3. The zero-order chi connectivity index (χ0) is 25.4. The molecule has 8 heteroatoms. The second kappa shape index (κ2) is 12.3. The summed E-state index contributed by atoms with van der Waals surface area (Å²) in [6, 6.07) is 7.95. The molecule has 0 spiro atoms. The fourth-order valence-corrected chi connectivity index (χ4v) is 4.93. The number of amides is 1. The Kier molecular flexibility index (Phi) is 10.1. The van der Waals surface area contributed by atoms with E-state index >= 15 is 0 Å². The van der Waals surface area contributed by atoms with Gasteiger partial charge in [-0.1, -0.05) is 70.3 Å². The van der Waals surface area contributed by atoms with Gasteiger partial charge in [-0.2, -0.15) is 0 Å². The summed E-state index contributed by atoms with van der Waals surface area (Å²) >= 11 is 0. The van der Waals surface area contributed by atoms with Crippen molar-refractivity contribution in [1.82, 2.24) is 10.2 Å². The maximum absolute atomic E-state index is 12.8. The van der Waals surface area contributed by atoms with Gasteiger partial charge in [0.25, 0.3) is 0 Å². The number of carbonyl (C=O) groups is 2. The highest BCUT2D eigenvalue weighted by Gasteiger charge is 2.44. The Hall–Kier alpha value is -2.42. The minimum Gasteiger partial charge on any atom is -0.461 e. The minimum absolute atomic E-state index is 0.0369. The van der Waals surface area contributed by atoms with Gasteiger partial charge in [0.05, 0.1) is 18.7 Å². The van der Waals surface area contributed by atoms with Crippen LogP contribution in [0.5, 0.6) is 0 Å². The first-order valence-electron chi connectivity index (χ1n) is 11.8. The summed E-state index contributed by atoms with van der Waals surface area (Å²) in [5.41, 5.74) is 2.07. The van der Waals surface area contributed by atoms with E-state index in [1.54, 1.807) is 11.0 Å². The monoisotopic (exact) mass is 488 g/mol. The van der Waals surface area contributed by atoms with Gasteiger partial charge >= 0.3 is 12.1 Å². The smallest absolute Gasteiger partial charge is 0.410 e. The van der Waals surface area contributed by atoms with Gasteiger partial charge in [-0.15, -0.1) is 0 Å². The van der Waals surface area contributed by atoms with Crippen molar-refractivity contribution in [2.24, 2.45) is 0 Å². The van der Waals surface area contributed by atoms with Crippen LogP contribution in [0.1, 0.15) is 44.4 Å². The molecule has 0 bridgehead atoms. The summed E-state index contributed by atoms with van der Waals surface area (Å²) in [5, 5.41) is 3.17. The van der Waals surface area contributed by atoms with E-state index in [1.165, 1.54) is 6.08 Å². The van der Waals surface area contributed by atoms with E-state index in [-0.39, 0.29) is 49.0 Å². The van der Waals surface area contributed by atoms with Gasteiger partial charge in [-0.25, -0.2) is 4.79 Å². The largest absolute Gasteiger partial charge is 0.461 e. The van der Waals surface area contributed by atoms with Crippen LogP contribution in [-0.4, -0.2) is 57.7 Å². The average molecular weight is 489 g/mol. The van der Waals surface area contributed by atoms with E-state index in [0.29, 0.717) is 13.1 Å². The Labute approximate surface area is 205 Å². The van der Waals surface area contributed by atoms with E-state index in [9.17, 15) is 9.59 Å². The summed E-state index contributed by atoms with van der Waals surface area (Å²) in [6.45, 7) is 19.8. The van der Waals surface area contributed by atoms with Gasteiger partial charge in [0.2, 0.25) is 0 Å². The van der Waals surface area contributed by atoms with E-state index in [1.807, 2.05) is 24.3 Å². The summed E-state index contributed by atoms with van der Waals surface area (Å²) in [6.07, 6.45) is 3.45. The Morgan fingerprint density at radius 2 is 1.74 bits per heavy atom. The fraction of sp³-hybridized carbons (Fsp3) is 0.538. The molecule has 0 aromatic heterocycles. The molecular weight excluding hydrogens is 448 g/mol. The number of hydrogen-bond donors (Lipinski definition) is 1. The summed E-state index contributed by atoms with van der Waals surface area (Å²) in [4.78, 5) is 26.2. The third-order valence-electron chi connectivity index (χ3n) is 6.41. The van der Waals surface area contributed by atoms with Gasteiger partial charge in [0.1, 0.15) is 13.2 Å². The number of carbonyl (C=O) groups excluding carboxylic acids is 2. The second-order valence-electron chi connectivity index (χ2n) is 10.1. The molecule has 1 fully saturated rings. The lowest BCUT2D eigenvalue weighted by atomic mass is 10.0. The topological polar surface area (TPSA) is 77.1 Å². The van der Waals surface area contributed by atoms with Crippen LogP contribution < -0.4 is 5.32 Å². The number of nitrogens with zero attached hydrogens (tertiary/aromatic N) is 1. The van der Waals surface area contributed by atoms with Gasteiger partial charge in [-0.3, -0.25) is 9.69 Å². The van der Waals surface area contributed by atoms with Crippen LogP contribution >= 0.6 is 0 Å². The number of ether oxygens (including phenoxy) is 2. The molecule has 0 unspecified atom stereocenters. The zero-order valence-electron chi connectivity index (χ0n) is 21.3. The van der Waals surface area contributed by atoms with Crippen LogP contribution in [0.4, 0.5) is 4.79 Å². The number of esters is 1. The van der Waals surface area contributed by atoms with Gasteiger partial charge < -0.3 is 19.2 Å². The third kappa shape index (κ3) is 7.82. The molecule has 1 aromatic rings. The molecule has 1 N–H and O–H groups in total. The summed E-state index contributed by atoms with van der Waals surface area (Å²) in [5.74, 6) is -0.316. The van der Waals surface area contributed by atoms with Crippen molar-refractivity contribution in [3.05, 3.63) is 60.7 Å². The Balaban J connectivity index is 2.08. The number of benzene rings is 1. The van der Waals surface area contributed by atoms with Crippen LogP contribution in [0.25, 0.3) is 0 Å². The minimum atomic E-state index is -1.98. The normalized spacial score (nSPS) is 18.4. The van der Waals surface area contributed by atoms with Crippen LogP contribution in [0, 0.1) is 0 Å². The predicted molar refractivity (Wildman–Crippen MR) is 137 cm³/mol. The SMILES string of the molecule is C=CCOC(=O)CNCc1ccc([C@H]2C[C@@H](O[Si](C)(C)C(C)(C)C)CN2C(=O)OCC=C)cc1. The number of rotatable bonds is 11. The van der Waals surface area contributed by atoms with E-state index in [2.05, 4.69) is 52.3 Å².